The Kier molecular flexibility index (Phi) is 4.77. The van der Waals surface area contributed by atoms with Crippen LogP contribution in [-0.2, 0) is 4.74 Å². The molecule has 1 fully saturated rings. The summed E-state index contributed by atoms with van der Waals surface area (Å²) in [5.41, 5.74) is 0.529. The van der Waals surface area contributed by atoms with Crippen LogP contribution < -0.4 is 5.32 Å². The smallest absolute Gasteiger partial charge is 0.0594 e. The van der Waals surface area contributed by atoms with Crippen LogP contribution in [0.5, 0.6) is 0 Å². The lowest BCUT2D eigenvalue weighted by atomic mass is 9.88. The van der Waals surface area contributed by atoms with E-state index < -0.39 is 0 Å². The average Bonchev–Trinajstić information content (AvgIpc) is 2.28. The largest absolute Gasteiger partial charge is 0.379 e. The lowest BCUT2D eigenvalue weighted by Crippen LogP contribution is -2.51. The molecule has 3 heteroatoms. The second kappa shape index (κ2) is 5.48. The van der Waals surface area contributed by atoms with Crippen LogP contribution in [-0.4, -0.2) is 49.3 Å². The van der Waals surface area contributed by atoms with Gasteiger partial charge in [0, 0.05) is 24.2 Å². The quantitative estimate of drug-likeness (QED) is 0.777. The highest BCUT2D eigenvalue weighted by molar-refractivity contribution is 4.87. The van der Waals surface area contributed by atoms with Crippen molar-refractivity contribution in [2.75, 3.05) is 33.4 Å². The fourth-order valence-electron chi connectivity index (χ4n) is 2.07. The van der Waals surface area contributed by atoms with E-state index in [4.69, 9.17) is 4.74 Å². The molecule has 1 heterocycles. The van der Waals surface area contributed by atoms with Crippen molar-refractivity contribution in [3.05, 3.63) is 0 Å². The first-order chi connectivity index (χ1) is 7.37. The van der Waals surface area contributed by atoms with Gasteiger partial charge in [-0.1, -0.05) is 0 Å². The summed E-state index contributed by atoms with van der Waals surface area (Å²) in [4.78, 5) is 2.56. The molecule has 96 valence electrons. The van der Waals surface area contributed by atoms with Gasteiger partial charge in [0.05, 0.1) is 13.2 Å². The summed E-state index contributed by atoms with van der Waals surface area (Å²) in [7, 11) is 2.04. The molecule has 1 aliphatic rings. The van der Waals surface area contributed by atoms with Gasteiger partial charge in [-0.25, -0.2) is 0 Å². The van der Waals surface area contributed by atoms with Gasteiger partial charge in [0.15, 0.2) is 0 Å². The van der Waals surface area contributed by atoms with Crippen LogP contribution in [0.1, 0.15) is 40.5 Å². The molecule has 1 aliphatic heterocycles. The number of rotatable bonds is 5. The molecular formula is C13H28N2O. The Labute approximate surface area is 101 Å². The molecule has 1 rings (SSSR count). The fraction of sp³-hybridized carbons (Fsp3) is 1.00. The van der Waals surface area contributed by atoms with Gasteiger partial charge in [-0.3, -0.25) is 4.90 Å². The zero-order chi connectivity index (χ0) is 12.2. The molecule has 0 aromatic carbocycles. The Morgan fingerprint density at radius 3 is 2.12 bits per heavy atom. The minimum Gasteiger partial charge on any atom is -0.379 e. The van der Waals surface area contributed by atoms with Gasteiger partial charge < -0.3 is 10.1 Å². The number of hydrogen-bond donors (Lipinski definition) is 1. The van der Waals surface area contributed by atoms with Crippen molar-refractivity contribution in [1.82, 2.24) is 10.2 Å². The molecule has 1 N–H and O–H groups in total. The maximum absolute atomic E-state index is 5.41. The predicted octanol–water partition coefficient (Wildman–Crippen LogP) is 1.88. The number of nitrogens with one attached hydrogen (secondary N) is 1. The topological polar surface area (TPSA) is 24.5 Å². The van der Waals surface area contributed by atoms with E-state index in [1.807, 2.05) is 7.05 Å². The molecular weight excluding hydrogens is 200 g/mol. The van der Waals surface area contributed by atoms with Crippen LogP contribution in [0.25, 0.3) is 0 Å². The van der Waals surface area contributed by atoms with E-state index >= 15 is 0 Å². The number of morpholine rings is 1. The van der Waals surface area contributed by atoms with Crippen LogP contribution in [0.3, 0.4) is 0 Å². The van der Waals surface area contributed by atoms with E-state index in [1.54, 1.807) is 0 Å². The summed E-state index contributed by atoms with van der Waals surface area (Å²) in [5.74, 6) is 0. The minimum absolute atomic E-state index is 0.240. The standard InChI is InChI=1S/C13H28N2O/c1-12(2,14-5)6-7-13(3,4)15-8-10-16-11-9-15/h14H,6-11H2,1-5H3. The normalized spacial score (nSPS) is 20.1. The molecule has 0 aliphatic carbocycles. The Morgan fingerprint density at radius 1 is 1.06 bits per heavy atom. The first kappa shape index (κ1) is 13.9. The van der Waals surface area contributed by atoms with Crippen molar-refractivity contribution in [2.24, 2.45) is 0 Å². The van der Waals surface area contributed by atoms with Crippen molar-refractivity contribution in [3.63, 3.8) is 0 Å². The van der Waals surface area contributed by atoms with Crippen LogP contribution in [0.2, 0.25) is 0 Å². The Balaban J connectivity index is 2.43. The molecule has 0 atom stereocenters. The van der Waals surface area contributed by atoms with E-state index in [0.717, 1.165) is 26.3 Å². The average molecular weight is 228 g/mol. The molecule has 0 aromatic rings. The summed E-state index contributed by atoms with van der Waals surface area (Å²) in [6.45, 7) is 13.2. The van der Waals surface area contributed by atoms with E-state index in [0.29, 0.717) is 0 Å². The molecule has 0 aromatic heterocycles. The predicted molar refractivity (Wildman–Crippen MR) is 68.8 cm³/mol. The van der Waals surface area contributed by atoms with Gasteiger partial charge in [-0.05, 0) is 47.6 Å². The van der Waals surface area contributed by atoms with Gasteiger partial charge in [0.25, 0.3) is 0 Å². The third-order valence-electron chi connectivity index (χ3n) is 3.91. The maximum atomic E-state index is 5.41. The number of hydrogen-bond acceptors (Lipinski definition) is 3. The molecule has 0 saturated carbocycles. The minimum atomic E-state index is 0.240. The summed E-state index contributed by atoms with van der Waals surface area (Å²) >= 11 is 0. The van der Waals surface area contributed by atoms with Crippen LogP contribution in [0.4, 0.5) is 0 Å². The van der Waals surface area contributed by atoms with Crippen molar-refractivity contribution in [2.45, 2.75) is 51.6 Å². The second-order valence-electron chi connectivity index (χ2n) is 6.05. The van der Waals surface area contributed by atoms with E-state index in [1.165, 1.54) is 12.8 Å². The monoisotopic (exact) mass is 228 g/mol. The Bertz CT molecular complexity index is 208. The van der Waals surface area contributed by atoms with E-state index in [2.05, 4.69) is 37.9 Å². The zero-order valence-corrected chi connectivity index (χ0v) is 11.6. The lowest BCUT2D eigenvalue weighted by Gasteiger charge is -2.42. The third-order valence-corrected chi connectivity index (χ3v) is 3.91. The van der Waals surface area contributed by atoms with Crippen LogP contribution in [0, 0.1) is 0 Å². The highest BCUT2D eigenvalue weighted by atomic mass is 16.5. The third kappa shape index (κ3) is 4.04. The van der Waals surface area contributed by atoms with Gasteiger partial charge in [0.2, 0.25) is 0 Å². The SMILES string of the molecule is CNC(C)(C)CCC(C)(C)N1CCOCC1. The zero-order valence-electron chi connectivity index (χ0n) is 11.6. The van der Waals surface area contributed by atoms with Crippen molar-refractivity contribution in [1.29, 1.82) is 0 Å². The van der Waals surface area contributed by atoms with Crippen LogP contribution >= 0.6 is 0 Å². The fourth-order valence-corrected chi connectivity index (χ4v) is 2.07. The molecule has 0 radical (unpaired) electrons. The van der Waals surface area contributed by atoms with Gasteiger partial charge >= 0.3 is 0 Å². The summed E-state index contributed by atoms with van der Waals surface area (Å²) in [5, 5.41) is 3.37. The van der Waals surface area contributed by atoms with E-state index in [9.17, 15) is 0 Å². The van der Waals surface area contributed by atoms with Crippen molar-refractivity contribution < 1.29 is 4.74 Å². The van der Waals surface area contributed by atoms with Crippen molar-refractivity contribution in [3.8, 4) is 0 Å². The van der Waals surface area contributed by atoms with Gasteiger partial charge in [0.1, 0.15) is 0 Å². The summed E-state index contributed by atoms with van der Waals surface area (Å²) in [6.07, 6.45) is 2.43. The Morgan fingerprint density at radius 2 is 1.62 bits per heavy atom. The molecule has 0 amide bonds. The molecule has 0 unspecified atom stereocenters. The lowest BCUT2D eigenvalue weighted by molar-refractivity contribution is -0.0151. The molecule has 0 spiro atoms. The van der Waals surface area contributed by atoms with Crippen LogP contribution in [0.15, 0.2) is 0 Å². The molecule has 3 nitrogen and oxygen atoms in total. The molecule has 0 bridgehead atoms. The Hall–Kier alpha value is -0.120. The van der Waals surface area contributed by atoms with Crippen molar-refractivity contribution >= 4 is 0 Å². The second-order valence-corrected chi connectivity index (χ2v) is 6.05. The number of ether oxygens (including phenoxy) is 1. The molecule has 16 heavy (non-hydrogen) atoms. The maximum Gasteiger partial charge on any atom is 0.0594 e. The first-order valence-corrected chi connectivity index (χ1v) is 6.39. The number of nitrogens with zero attached hydrogens (tertiary/aromatic N) is 1. The van der Waals surface area contributed by atoms with E-state index in [-0.39, 0.29) is 11.1 Å². The highest BCUT2D eigenvalue weighted by Crippen LogP contribution is 2.25. The summed E-state index contributed by atoms with van der Waals surface area (Å²) < 4.78 is 5.41. The van der Waals surface area contributed by atoms with Gasteiger partial charge in [-0.15, -0.1) is 0 Å². The molecule has 1 saturated heterocycles. The first-order valence-electron chi connectivity index (χ1n) is 6.39. The highest BCUT2D eigenvalue weighted by Gasteiger charge is 2.29. The van der Waals surface area contributed by atoms with Gasteiger partial charge in [-0.2, -0.15) is 0 Å². The summed E-state index contributed by atoms with van der Waals surface area (Å²) in [6, 6.07) is 0.